The second kappa shape index (κ2) is 11.1. The molecular formula is C23H24N2O7. The number of oxime groups is 1. The van der Waals surface area contributed by atoms with Crippen LogP contribution < -0.4 is 5.32 Å². The minimum Gasteiger partial charge on any atom is -0.507 e. The van der Waals surface area contributed by atoms with Gasteiger partial charge in [-0.3, -0.25) is 4.79 Å². The number of ether oxygens (including phenoxy) is 2. The number of carbonyl (C=O) groups excluding carboxylic acids is 2. The molecule has 1 aromatic rings. The van der Waals surface area contributed by atoms with Gasteiger partial charge in [-0.05, 0) is 23.8 Å². The smallest absolute Gasteiger partial charge is 0.343 e. The Morgan fingerprint density at radius 1 is 1.34 bits per heavy atom. The summed E-state index contributed by atoms with van der Waals surface area (Å²) in [4.78, 5) is 29.0. The second-order valence-corrected chi connectivity index (χ2v) is 6.88. The number of carbonyl (C=O) groups is 2. The highest BCUT2D eigenvalue weighted by Crippen LogP contribution is 2.31. The monoisotopic (exact) mass is 440 g/mol. The highest BCUT2D eigenvalue weighted by atomic mass is 16.6. The van der Waals surface area contributed by atoms with Crippen LogP contribution in [-0.4, -0.2) is 66.4 Å². The first kappa shape index (κ1) is 23.0. The van der Waals surface area contributed by atoms with Gasteiger partial charge >= 0.3 is 5.97 Å². The van der Waals surface area contributed by atoms with Gasteiger partial charge in [0.25, 0.3) is 0 Å². The summed E-state index contributed by atoms with van der Waals surface area (Å²) in [5, 5.41) is 27.0. The van der Waals surface area contributed by atoms with Crippen LogP contribution in [0, 0.1) is 0 Å². The van der Waals surface area contributed by atoms with Crippen molar-refractivity contribution < 1.29 is 34.1 Å². The zero-order valence-electron chi connectivity index (χ0n) is 17.3. The Bertz CT molecular complexity index is 981. The summed E-state index contributed by atoms with van der Waals surface area (Å²) < 4.78 is 11.0. The van der Waals surface area contributed by atoms with Gasteiger partial charge in [-0.2, -0.15) is 0 Å². The van der Waals surface area contributed by atoms with Gasteiger partial charge in [0.2, 0.25) is 5.91 Å². The Morgan fingerprint density at radius 2 is 2.19 bits per heavy atom. The second-order valence-electron chi connectivity index (χ2n) is 6.88. The molecule has 168 valence electrons. The summed E-state index contributed by atoms with van der Waals surface area (Å²) in [7, 11) is 1.39. The van der Waals surface area contributed by atoms with Gasteiger partial charge in [-0.15, -0.1) is 0 Å². The Hall–Kier alpha value is -3.69. The van der Waals surface area contributed by atoms with E-state index in [0.29, 0.717) is 5.56 Å². The number of allylic oxidation sites excluding steroid dienone is 3. The number of benzene rings is 1. The van der Waals surface area contributed by atoms with Crippen LogP contribution in [0.1, 0.15) is 15.9 Å². The Morgan fingerprint density at radius 3 is 3.00 bits per heavy atom. The highest BCUT2D eigenvalue weighted by molar-refractivity contribution is 5.96. The minimum atomic E-state index is -1.14. The first-order chi connectivity index (χ1) is 15.5. The van der Waals surface area contributed by atoms with Crippen molar-refractivity contribution in [1.82, 2.24) is 5.32 Å². The maximum Gasteiger partial charge on any atom is 0.343 e. The quantitative estimate of drug-likeness (QED) is 0.153. The summed E-state index contributed by atoms with van der Waals surface area (Å²) >= 11 is 0. The van der Waals surface area contributed by atoms with Crippen LogP contribution in [0.5, 0.6) is 5.75 Å². The van der Waals surface area contributed by atoms with Crippen LogP contribution in [0.4, 0.5) is 0 Å². The lowest BCUT2D eigenvalue weighted by molar-refractivity contribution is -0.116. The van der Waals surface area contributed by atoms with Crippen molar-refractivity contribution in [3.63, 3.8) is 0 Å². The maximum absolute atomic E-state index is 12.8. The van der Waals surface area contributed by atoms with Crippen LogP contribution in [0.3, 0.4) is 0 Å². The number of hydrogen-bond acceptors (Lipinski definition) is 8. The van der Waals surface area contributed by atoms with Crippen LogP contribution in [0.25, 0.3) is 6.08 Å². The summed E-state index contributed by atoms with van der Waals surface area (Å²) in [5.41, 5.74) is 0.467. The van der Waals surface area contributed by atoms with E-state index in [9.17, 15) is 19.8 Å². The molecule has 2 aliphatic rings. The van der Waals surface area contributed by atoms with Crippen LogP contribution in [-0.2, 0) is 19.1 Å². The summed E-state index contributed by atoms with van der Waals surface area (Å²) in [5.74, 6) is -1.38. The van der Waals surface area contributed by atoms with Gasteiger partial charge in [0.1, 0.15) is 42.8 Å². The molecule has 1 amide bonds. The molecule has 2 heterocycles. The molecule has 2 aliphatic heterocycles. The fraction of sp³-hybridized carbons (Fsp3) is 0.261. The lowest BCUT2D eigenvalue weighted by Gasteiger charge is -2.20. The van der Waals surface area contributed by atoms with Crippen LogP contribution in [0.15, 0.2) is 65.9 Å². The Balaban J connectivity index is 1.73. The fourth-order valence-electron chi connectivity index (χ4n) is 3.06. The third-order valence-electron chi connectivity index (χ3n) is 4.66. The molecule has 0 spiro atoms. The van der Waals surface area contributed by atoms with Crippen molar-refractivity contribution in [3.8, 4) is 5.75 Å². The van der Waals surface area contributed by atoms with Gasteiger partial charge in [-0.1, -0.05) is 47.7 Å². The largest absolute Gasteiger partial charge is 0.507 e. The molecule has 0 aromatic heterocycles. The molecule has 1 aromatic carbocycles. The van der Waals surface area contributed by atoms with Gasteiger partial charge < -0.3 is 29.8 Å². The van der Waals surface area contributed by atoms with Crippen LogP contribution in [0.2, 0.25) is 0 Å². The van der Waals surface area contributed by atoms with E-state index in [4.69, 9.17) is 9.47 Å². The van der Waals surface area contributed by atoms with E-state index in [0.717, 1.165) is 0 Å². The maximum atomic E-state index is 12.8. The zero-order chi connectivity index (χ0) is 22.9. The van der Waals surface area contributed by atoms with Crippen molar-refractivity contribution in [1.29, 1.82) is 0 Å². The predicted octanol–water partition coefficient (Wildman–Crippen LogP) is 1.49. The number of phenols is 1. The van der Waals surface area contributed by atoms with E-state index in [1.807, 2.05) is 0 Å². The number of rotatable bonds is 6. The Kier molecular flexibility index (Phi) is 7.96. The lowest BCUT2D eigenvalue weighted by Crippen LogP contribution is -2.35. The number of esters is 1. The van der Waals surface area contributed by atoms with Crippen LogP contribution >= 0.6 is 0 Å². The fourth-order valence-corrected chi connectivity index (χ4v) is 3.06. The average molecular weight is 440 g/mol. The van der Waals surface area contributed by atoms with Crippen molar-refractivity contribution in [3.05, 3.63) is 71.9 Å². The standard InChI is InChI=1S/C23H24N2O7/c1-30-25-14-6-12-19(27)24-13-5-11-17-21(28)22-18(31-22)10-3-2-7-15-8-4-9-16(26)20(15)23(29)32-17/h2-12,14,17-18,21-22,26,28H,13H2,1H3,(H,24,27)/b7-2+,10-3-,11-5+,12-6-,25-14-/t17-,18+,21+,22+/m0/s1. The first-order valence-corrected chi connectivity index (χ1v) is 9.90. The van der Waals surface area contributed by atoms with Crippen molar-refractivity contribution in [2.45, 2.75) is 24.4 Å². The molecule has 4 atom stereocenters. The molecule has 0 aliphatic carbocycles. The third-order valence-corrected chi connectivity index (χ3v) is 4.66. The van der Waals surface area contributed by atoms with E-state index >= 15 is 0 Å². The molecule has 0 radical (unpaired) electrons. The normalized spacial score (nSPS) is 27.1. The minimum absolute atomic E-state index is 0.00671. The van der Waals surface area contributed by atoms with Gasteiger partial charge in [0.15, 0.2) is 0 Å². The van der Waals surface area contributed by atoms with Crippen molar-refractivity contribution in [2.75, 3.05) is 13.7 Å². The van der Waals surface area contributed by atoms with E-state index in [-0.39, 0.29) is 29.9 Å². The van der Waals surface area contributed by atoms with E-state index in [1.165, 1.54) is 37.6 Å². The predicted molar refractivity (Wildman–Crippen MR) is 117 cm³/mol. The molecule has 0 saturated carbocycles. The number of aliphatic hydroxyl groups excluding tert-OH is 1. The van der Waals surface area contributed by atoms with Gasteiger partial charge in [0.05, 0.1) is 6.21 Å². The highest BCUT2D eigenvalue weighted by Gasteiger charge is 2.46. The average Bonchev–Trinajstić information content (AvgIpc) is 3.54. The lowest BCUT2D eigenvalue weighted by atomic mass is 10.0. The number of cyclic esters (lactones) is 1. The zero-order valence-corrected chi connectivity index (χ0v) is 17.3. The molecule has 9 heteroatoms. The number of aromatic hydroxyl groups is 1. The Labute approximate surface area is 185 Å². The number of aliphatic hydroxyl groups is 1. The third kappa shape index (κ3) is 6.16. The molecule has 9 nitrogen and oxygen atoms in total. The molecule has 1 fully saturated rings. The molecule has 1 saturated heterocycles. The first-order valence-electron chi connectivity index (χ1n) is 9.90. The van der Waals surface area contributed by atoms with Crippen molar-refractivity contribution >= 4 is 24.2 Å². The SMILES string of the molecule is CO/N=C\C=C/C(=O)NC/C=C/[C@@H]1OC(=O)c2c(O)cccc2/C=C/C=C\[C@H]2O[C@H]2[C@@H]1O. The molecule has 0 unspecified atom stereocenters. The summed E-state index contributed by atoms with van der Waals surface area (Å²) in [6.45, 7) is 0.130. The molecule has 0 bridgehead atoms. The molecular weight excluding hydrogens is 416 g/mol. The number of nitrogens with zero attached hydrogens (tertiary/aromatic N) is 1. The van der Waals surface area contributed by atoms with E-state index in [2.05, 4.69) is 15.3 Å². The number of hydrogen-bond donors (Lipinski definition) is 3. The topological polar surface area (TPSA) is 130 Å². The number of epoxide rings is 1. The number of nitrogens with one attached hydrogen (secondary N) is 1. The van der Waals surface area contributed by atoms with E-state index in [1.54, 1.807) is 42.5 Å². The number of amides is 1. The number of phenolic OH excluding ortho intramolecular Hbond substituents is 1. The molecule has 3 N–H and O–H groups in total. The molecule has 32 heavy (non-hydrogen) atoms. The van der Waals surface area contributed by atoms with Gasteiger partial charge in [0, 0.05) is 12.6 Å². The van der Waals surface area contributed by atoms with E-state index < -0.39 is 24.3 Å². The molecule has 3 rings (SSSR count). The summed E-state index contributed by atoms with van der Waals surface area (Å²) in [6, 6.07) is 4.67. The van der Waals surface area contributed by atoms with Crippen molar-refractivity contribution in [2.24, 2.45) is 5.16 Å². The van der Waals surface area contributed by atoms with Gasteiger partial charge in [-0.25, -0.2) is 4.79 Å². The number of fused-ring (bicyclic) bond motifs is 2. The summed E-state index contributed by atoms with van der Waals surface area (Å²) in [6.07, 6.45) is 10.9.